The van der Waals surface area contributed by atoms with Gasteiger partial charge in [-0.15, -0.1) is 11.8 Å². The molecule has 0 radical (unpaired) electrons. The summed E-state index contributed by atoms with van der Waals surface area (Å²) in [6.07, 6.45) is 2.84. The number of nitrogens with zero attached hydrogens (tertiary/aromatic N) is 4. The van der Waals surface area contributed by atoms with Crippen LogP contribution in [0.25, 0.3) is 5.69 Å². The van der Waals surface area contributed by atoms with Crippen LogP contribution >= 0.6 is 11.8 Å². The average Bonchev–Trinajstić information content (AvgIpc) is 3.26. The number of aromatic nitrogens is 3. The Labute approximate surface area is 170 Å². The molecule has 2 aromatic rings. The third-order valence-electron chi connectivity index (χ3n) is 7.50. The van der Waals surface area contributed by atoms with E-state index in [1.807, 2.05) is 6.07 Å². The Balaban J connectivity index is 1.52. The second-order valence-electron chi connectivity index (χ2n) is 9.49. The molecule has 0 bridgehead atoms. The largest absolute Gasteiger partial charge is 0.272 e. The van der Waals surface area contributed by atoms with Gasteiger partial charge in [0.15, 0.2) is 0 Å². The predicted octanol–water partition coefficient (Wildman–Crippen LogP) is 3.79. The highest BCUT2D eigenvalue weighted by molar-refractivity contribution is 7.99. The van der Waals surface area contributed by atoms with Crippen molar-refractivity contribution in [3.8, 4) is 11.8 Å². The van der Waals surface area contributed by atoms with Gasteiger partial charge in [0.25, 0.3) is 11.5 Å². The lowest BCUT2D eigenvalue weighted by Crippen LogP contribution is -2.32. The molecule has 6 rings (SSSR count). The van der Waals surface area contributed by atoms with E-state index in [0.29, 0.717) is 35.7 Å². The Morgan fingerprint density at radius 2 is 2.00 bits per heavy atom. The van der Waals surface area contributed by atoms with Crippen LogP contribution in [0.1, 0.15) is 56.2 Å². The summed E-state index contributed by atoms with van der Waals surface area (Å²) in [6.45, 7) is 4.12. The van der Waals surface area contributed by atoms with E-state index in [1.165, 1.54) is 18.0 Å². The average molecular weight is 412 g/mol. The molecule has 29 heavy (non-hydrogen) atoms. The molecule has 3 heterocycles. The molecule has 1 aliphatic heterocycles. The molecule has 3 fully saturated rings. The van der Waals surface area contributed by atoms with Crippen LogP contribution in [-0.2, 0) is 5.41 Å². The van der Waals surface area contributed by atoms with Gasteiger partial charge in [-0.3, -0.25) is 9.36 Å². The number of nitriles is 1. The van der Waals surface area contributed by atoms with Crippen LogP contribution in [-0.4, -0.2) is 26.2 Å². The van der Waals surface area contributed by atoms with Gasteiger partial charge < -0.3 is 0 Å². The summed E-state index contributed by atoms with van der Waals surface area (Å²) in [5.74, 6) is -1.39. The van der Waals surface area contributed by atoms with Gasteiger partial charge in [0, 0.05) is 27.9 Å². The Morgan fingerprint density at radius 3 is 2.59 bits per heavy atom. The van der Waals surface area contributed by atoms with Crippen LogP contribution in [0.4, 0.5) is 8.78 Å². The summed E-state index contributed by atoms with van der Waals surface area (Å²) in [4.78, 5) is 23.1. The minimum absolute atomic E-state index is 0.164. The zero-order valence-corrected chi connectivity index (χ0v) is 16.8. The summed E-state index contributed by atoms with van der Waals surface area (Å²) < 4.78 is 29.8. The van der Waals surface area contributed by atoms with E-state index >= 15 is 0 Å². The van der Waals surface area contributed by atoms with Crippen molar-refractivity contribution in [2.75, 3.05) is 5.75 Å². The van der Waals surface area contributed by atoms with Gasteiger partial charge in [-0.1, -0.05) is 13.8 Å². The fraction of sp³-hybridized carbons (Fsp3) is 0.524. The lowest BCUT2D eigenvalue weighted by atomic mass is 9.86. The maximum atomic E-state index is 14.2. The highest BCUT2D eigenvalue weighted by atomic mass is 32.2. The molecule has 0 saturated heterocycles. The monoisotopic (exact) mass is 412 g/mol. The number of hydrogen-bond donors (Lipinski definition) is 0. The first-order valence-corrected chi connectivity index (χ1v) is 10.7. The predicted molar refractivity (Wildman–Crippen MR) is 102 cm³/mol. The third-order valence-corrected chi connectivity index (χ3v) is 9.02. The van der Waals surface area contributed by atoms with Crippen molar-refractivity contribution in [1.82, 2.24) is 14.5 Å². The van der Waals surface area contributed by atoms with Crippen molar-refractivity contribution in [2.45, 2.75) is 55.3 Å². The second kappa shape index (κ2) is 4.89. The lowest BCUT2D eigenvalue weighted by molar-refractivity contribution is -0.0185. The zero-order valence-electron chi connectivity index (χ0n) is 16.0. The number of fused-ring (bicyclic) bond motifs is 1. The van der Waals surface area contributed by atoms with Crippen LogP contribution in [0, 0.1) is 22.2 Å². The number of halogens is 2. The number of rotatable bonds is 2. The maximum Gasteiger partial charge on any atom is 0.272 e. The van der Waals surface area contributed by atoms with E-state index in [0.717, 1.165) is 11.4 Å². The smallest absolute Gasteiger partial charge is 0.268 e. The second-order valence-corrected chi connectivity index (χ2v) is 10.5. The first kappa shape index (κ1) is 17.6. The van der Waals surface area contributed by atoms with E-state index in [9.17, 15) is 13.6 Å². The first-order chi connectivity index (χ1) is 13.7. The molecule has 2 aromatic heterocycles. The van der Waals surface area contributed by atoms with Crippen molar-refractivity contribution in [3.63, 3.8) is 0 Å². The van der Waals surface area contributed by atoms with Gasteiger partial charge in [-0.05, 0) is 31.4 Å². The van der Waals surface area contributed by atoms with Crippen LogP contribution in [0.3, 0.4) is 0 Å². The van der Waals surface area contributed by atoms with Crippen molar-refractivity contribution in [3.05, 3.63) is 45.9 Å². The highest BCUT2D eigenvalue weighted by Gasteiger charge is 3.05. The highest BCUT2D eigenvalue weighted by Crippen LogP contribution is 3.01. The molecule has 148 valence electrons. The number of thioether (sulfide) groups is 1. The Bertz CT molecular complexity index is 1180. The minimum atomic E-state index is -2.55. The molecule has 3 aliphatic carbocycles. The molecule has 0 spiro atoms. The summed E-state index contributed by atoms with van der Waals surface area (Å²) in [5.41, 5.74) is -0.562. The SMILES string of the molecule is CC1(C)CSc2c1nc(C1CC34CC3(C1)C4(F)F)n(-c1ccc(C#N)nc1)c2=O. The van der Waals surface area contributed by atoms with Crippen molar-refractivity contribution >= 4 is 11.8 Å². The quantitative estimate of drug-likeness (QED) is 0.751. The van der Waals surface area contributed by atoms with E-state index in [4.69, 9.17) is 10.2 Å². The maximum absolute atomic E-state index is 14.2. The molecular formula is C21H18F2N4OS. The third kappa shape index (κ3) is 1.84. The zero-order chi connectivity index (χ0) is 20.4. The van der Waals surface area contributed by atoms with Crippen LogP contribution in [0.2, 0.25) is 0 Å². The topological polar surface area (TPSA) is 71.6 Å². The van der Waals surface area contributed by atoms with E-state index in [1.54, 1.807) is 16.7 Å². The molecular weight excluding hydrogens is 394 g/mol. The summed E-state index contributed by atoms with van der Waals surface area (Å²) in [6, 6.07) is 5.21. The molecule has 5 nitrogen and oxygen atoms in total. The Hall–Kier alpha value is -2.27. The molecule has 2 unspecified atom stereocenters. The van der Waals surface area contributed by atoms with Crippen molar-refractivity contribution in [1.29, 1.82) is 5.26 Å². The number of alkyl halides is 2. The van der Waals surface area contributed by atoms with Gasteiger partial charge in [-0.25, -0.2) is 18.7 Å². The van der Waals surface area contributed by atoms with Gasteiger partial charge in [-0.2, -0.15) is 5.26 Å². The lowest BCUT2D eigenvalue weighted by Gasteiger charge is -2.28. The molecule has 8 heteroatoms. The standard InChI is InChI=1S/C21H18F2N4OS/c1-18(2)10-29-14-15(18)26-16(11-5-19-9-20(19,6-11)21(19,22)23)27(17(14)28)13-4-3-12(7-24)25-8-13/h3-4,8,11H,5-6,9-10H2,1-2H3. The first-order valence-electron chi connectivity index (χ1n) is 9.72. The van der Waals surface area contributed by atoms with Gasteiger partial charge in [0.05, 0.1) is 22.5 Å². The van der Waals surface area contributed by atoms with E-state index in [2.05, 4.69) is 18.8 Å². The fourth-order valence-electron chi connectivity index (χ4n) is 5.75. The fourth-order valence-corrected chi connectivity index (χ4v) is 7.07. The normalized spacial score (nSPS) is 34.1. The van der Waals surface area contributed by atoms with Crippen molar-refractivity contribution < 1.29 is 8.78 Å². The molecule has 2 atom stereocenters. The molecule has 0 aromatic carbocycles. The minimum Gasteiger partial charge on any atom is -0.268 e. The number of hydrogen-bond acceptors (Lipinski definition) is 5. The van der Waals surface area contributed by atoms with E-state index < -0.39 is 16.8 Å². The van der Waals surface area contributed by atoms with Crippen LogP contribution in [0.15, 0.2) is 28.0 Å². The van der Waals surface area contributed by atoms with Gasteiger partial charge >= 0.3 is 0 Å². The molecule has 0 amide bonds. The number of pyridine rings is 1. The van der Waals surface area contributed by atoms with Crippen LogP contribution < -0.4 is 5.56 Å². The van der Waals surface area contributed by atoms with Gasteiger partial charge in [0.2, 0.25) is 0 Å². The Kier molecular flexibility index (Phi) is 2.96. The summed E-state index contributed by atoms with van der Waals surface area (Å²) >= 11 is 1.50. The molecule has 0 N–H and O–H groups in total. The molecule has 4 aliphatic rings. The molecule has 3 saturated carbocycles. The van der Waals surface area contributed by atoms with E-state index in [-0.39, 0.29) is 22.6 Å². The van der Waals surface area contributed by atoms with Gasteiger partial charge in [0.1, 0.15) is 17.6 Å². The Morgan fingerprint density at radius 1 is 1.28 bits per heavy atom. The van der Waals surface area contributed by atoms with Crippen molar-refractivity contribution in [2.24, 2.45) is 10.8 Å². The summed E-state index contributed by atoms with van der Waals surface area (Å²) in [5, 5.41) is 9.01. The summed E-state index contributed by atoms with van der Waals surface area (Å²) in [7, 11) is 0. The van der Waals surface area contributed by atoms with Crippen LogP contribution in [0.5, 0.6) is 0 Å².